The van der Waals surface area contributed by atoms with Crippen molar-refractivity contribution in [2.45, 2.75) is 12.3 Å². The van der Waals surface area contributed by atoms with E-state index < -0.39 is 0 Å². The minimum atomic E-state index is -0.379. The van der Waals surface area contributed by atoms with E-state index in [1.54, 1.807) is 41.3 Å². The van der Waals surface area contributed by atoms with E-state index in [9.17, 15) is 9.59 Å². The number of hydrogen-bond donors (Lipinski definition) is 0. The largest absolute Gasteiger partial charge is 0.457 e. The second kappa shape index (κ2) is 8.81. The smallest absolute Gasteiger partial charge is 0.308 e. The maximum absolute atomic E-state index is 12.6. The Kier molecular flexibility index (Phi) is 5.97. The van der Waals surface area contributed by atoms with Gasteiger partial charge < -0.3 is 9.47 Å². The van der Waals surface area contributed by atoms with Crippen LogP contribution in [-0.4, -0.2) is 17.6 Å². The van der Waals surface area contributed by atoms with Gasteiger partial charge in [0.2, 0.25) is 5.91 Å². The lowest BCUT2D eigenvalue weighted by atomic mass is 10.1. The molecule has 4 rings (SSSR count). The first-order chi connectivity index (χ1) is 14.5. The maximum Gasteiger partial charge on any atom is 0.308 e. The van der Waals surface area contributed by atoms with Gasteiger partial charge in [-0.25, -0.2) is 0 Å². The number of amides is 1. The summed E-state index contributed by atoms with van der Waals surface area (Å²) < 4.78 is 11.0. The topological polar surface area (TPSA) is 55.8 Å². The molecular weight excluding hydrogens is 422 g/mol. The Morgan fingerprint density at radius 1 is 1.00 bits per heavy atom. The lowest BCUT2D eigenvalue weighted by Crippen LogP contribution is -2.27. The summed E-state index contributed by atoms with van der Waals surface area (Å²) in [4.78, 5) is 25.6. The quantitative estimate of drug-likeness (QED) is 0.369. The molecule has 5 nitrogen and oxygen atoms in total. The molecule has 1 aliphatic heterocycles. The fourth-order valence-electron chi connectivity index (χ4n) is 3.16. The molecule has 1 saturated heterocycles. The van der Waals surface area contributed by atoms with Crippen molar-refractivity contribution in [1.29, 1.82) is 0 Å². The number of esters is 1. The first-order valence-corrected chi connectivity index (χ1v) is 10.7. The Bertz CT molecular complexity index is 1070. The molecule has 1 amide bonds. The Hall–Kier alpha value is -2.96. The molecule has 7 heteroatoms. The van der Waals surface area contributed by atoms with Crippen molar-refractivity contribution in [3.05, 3.63) is 83.4 Å². The number of nitrogens with zero attached hydrogens (tertiary/aromatic N) is 1. The highest BCUT2D eigenvalue weighted by molar-refractivity contribution is 8.00. The van der Waals surface area contributed by atoms with Gasteiger partial charge in [-0.15, -0.1) is 11.8 Å². The second-order valence-electron chi connectivity index (χ2n) is 6.64. The van der Waals surface area contributed by atoms with Crippen LogP contribution in [0.25, 0.3) is 0 Å². The van der Waals surface area contributed by atoms with Crippen LogP contribution in [0.1, 0.15) is 17.9 Å². The van der Waals surface area contributed by atoms with Crippen molar-refractivity contribution in [1.82, 2.24) is 0 Å². The van der Waals surface area contributed by atoms with Gasteiger partial charge in [0.15, 0.2) is 0 Å². The van der Waals surface area contributed by atoms with Crippen molar-refractivity contribution in [2.24, 2.45) is 0 Å². The van der Waals surface area contributed by atoms with Gasteiger partial charge >= 0.3 is 5.97 Å². The van der Waals surface area contributed by atoms with Crippen LogP contribution >= 0.6 is 23.4 Å². The first-order valence-electron chi connectivity index (χ1n) is 9.25. The number of benzene rings is 3. The van der Waals surface area contributed by atoms with E-state index in [2.05, 4.69) is 0 Å². The molecule has 0 saturated carbocycles. The van der Waals surface area contributed by atoms with Crippen molar-refractivity contribution in [2.75, 3.05) is 10.7 Å². The highest BCUT2D eigenvalue weighted by Crippen LogP contribution is 2.43. The maximum atomic E-state index is 12.6. The van der Waals surface area contributed by atoms with Gasteiger partial charge in [-0.05, 0) is 66.2 Å². The van der Waals surface area contributed by atoms with Gasteiger partial charge in [0, 0.05) is 17.6 Å². The standard InChI is InChI=1S/C23H18ClNO4S/c1-15(26)28-21-4-2-3-16(13-21)23-25(22(27)14-30-23)18-7-11-20(12-8-18)29-19-9-5-17(24)6-10-19/h2-13,23H,14H2,1H3. The summed E-state index contributed by atoms with van der Waals surface area (Å²) in [5, 5.41) is 0.447. The fourth-order valence-corrected chi connectivity index (χ4v) is 4.45. The average Bonchev–Trinajstić information content (AvgIpc) is 3.11. The third-order valence-corrected chi connectivity index (χ3v) is 5.90. The van der Waals surface area contributed by atoms with Gasteiger partial charge in [0.05, 0.1) is 5.75 Å². The molecule has 3 aromatic carbocycles. The first kappa shape index (κ1) is 20.3. The van der Waals surface area contributed by atoms with E-state index in [1.807, 2.05) is 36.4 Å². The minimum Gasteiger partial charge on any atom is -0.457 e. The van der Waals surface area contributed by atoms with Crippen molar-refractivity contribution < 1.29 is 19.1 Å². The van der Waals surface area contributed by atoms with Gasteiger partial charge in [-0.1, -0.05) is 23.7 Å². The molecule has 30 heavy (non-hydrogen) atoms. The molecule has 1 atom stereocenters. The molecule has 1 unspecified atom stereocenters. The number of hydrogen-bond acceptors (Lipinski definition) is 5. The van der Waals surface area contributed by atoms with Crippen LogP contribution < -0.4 is 14.4 Å². The highest BCUT2D eigenvalue weighted by Gasteiger charge is 2.34. The van der Waals surface area contributed by atoms with E-state index in [1.165, 1.54) is 18.7 Å². The number of carbonyl (C=O) groups excluding carboxylic acids is 2. The summed E-state index contributed by atoms with van der Waals surface area (Å²) in [6.45, 7) is 1.36. The SMILES string of the molecule is CC(=O)Oc1cccc(C2SCC(=O)N2c2ccc(Oc3ccc(Cl)cc3)cc2)c1. The summed E-state index contributed by atoms with van der Waals surface area (Å²) in [5.41, 5.74) is 1.67. The van der Waals surface area contributed by atoms with E-state index >= 15 is 0 Å². The van der Waals surface area contributed by atoms with Gasteiger partial charge in [-0.2, -0.15) is 0 Å². The number of rotatable bonds is 5. The molecule has 0 spiro atoms. The molecule has 1 heterocycles. The Balaban J connectivity index is 1.55. The number of thioether (sulfide) groups is 1. The van der Waals surface area contributed by atoms with Crippen molar-refractivity contribution in [3.63, 3.8) is 0 Å². The second-order valence-corrected chi connectivity index (χ2v) is 8.15. The lowest BCUT2D eigenvalue weighted by molar-refractivity contribution is -0.131. The van der Waals surface area contributed by atoms with E-state index in [0.29, 0.717) is 28.0 Å². The van der Waals surface area contributed by atoms with Crippen molar-refractivity contribution >= 4 is 40.9 Å². The summed E-state index contributed by atoms with van der Waals surface area (Å²) in [6, 6.07) is 21.7. The molecule has 1 aliphatic rings. The summed E-state index contributed by atoms with van der Waals surface area (Å²) in [5.74, 6) is 1.83. The monoisotopic (exact) mass is 439 g/mol. The number of halogens is 1. The summed E-state index contributed by atoms with van der Waals surface area (Å²) >= 11 is 7.44. The number of anilines is 1. The van der Waals surface area contributed by atoms with Crippen LogP contribution in [0.15, 0.2) is 72.8 Å². The lowest BCUT2D eigenvalue weighted by Gasteiger charge is -2.24. The van der Waals surface area contributed by atoms with E-state index in [-0.39, 0.29) is 17.3 Å². The van der Waals surface area contributed by atoms with Crippen LogP contribution in [0, 0.1) is 0 Å². The zero-order chi connectivity index (χ0) is 21.1. The summed E-state index contributed by atoms with van der Waals surface area (Å²) in [7, 11) is 0. The van der Waals surface area contributed by atoms with Crippen molar-refractivity contribution in [3.8, 4) is 17.2 Å². The molecule has 0 aliphatic carbocycles. The Labute approximate surface area is 183 Å². The Morgan fingerprint density at radius 2 is 1.67 bits per heavy atom. The van der Waals surface area contributed by atoms with Crippen LogP contribution in [0.3, 0.4) is 0 Å². The Morgan fingerprint density at radius 3 is 2.33 bits per heavy atom. The molecule has 0 N–H and O–H groups in total. The number of ether oxygens (including phenoxy) is 2. The van der Waals surface area contributed by atoms with E-state index in [0.717, 1.165) is 11.3 Å². The molecule has 1 fully saturated rings. The van der Waals surface area contributed by atoms with Gasteiger partial charge in [-0.3, -0.25) is 14.5 Å². The van der Waals surface area contributed by atoms with Crippen LogP contribution in [0.2, 0.25) is 5.02 Å². The molecule has 0 radical (unpaired) electrons. The molecular formula is C23H18ClNO4S. The molecule has 0 bridgehead atoms. The molecule has 3 aromatic rings. The molecule has 0 aromatic heterocycles. The average molecular weight is 440 g/mol. The molecule has 152 valence electrons. The minimum absolute atomic E-state index is 0.0225. The zero-order valence-corrected chi connectivity index (χ0v) is 17.7. The third kappa shape index (κ3) is 4.61. The van der Waals surface area contributed by atoms with E-state index in [4.69, 9.17) is 21.1 Å². The van der Waals surface area contributed by atoms with Gasteiger partial charge in [0.1, 0.15) is 22.6 Å². The van der Waals surface area contributed by atoms with Crippen LogP contribution in [0.5, 0.6) is 17.2 Å². The fraction of sp³-hybridized carbons (Fsp3) is 0.130. The van der Waals surface area contributed by atoms with Crippen LogP contribution in [-0.2, 0) is 9.59 Å². The predicted molar refractivity (Wildman–Crippen MR) is 118 cm³/mol. The zero-order valence-electron chi connectivity index (χ0n) is 16.1. The predicted octanol–water partition coefficient (Wildman–Crippen LogP) is 5.84. The highest BCUT2D eigenvalue weighted by atomic mass is 35.5. The number of carbonyl (C=O) groups is 2. The third-order valence-electron chi connectivity index (χ3n) is 4.44. The normalized spacial score (nSPS) is 15.9. The summed E-state index contributed by atoms with van der Waals surface area (Å²) in [6.07, 6.45) is 0. The van der Waals surface area contributed by atoms with Crippen LogP contribution in [0.4, 0.5) is 5.69 Å². The van der Waals surface area contributed by atoms with Gasteiger partial charge in [0.25, 0.3) is 0 Å².